The fourth-order valence-electron chi connectivity index (χ4n) is 2.98. The largest absolute Gasteiger partial charge is 0.328 e. The maximum absolute atomic E-state index is 5.80. The molecule has 0 aromatic carbocycles. The van der Waals surface area contributed by atoms with Gasteiger partial charge in [-0.25, -0.2) is 0 Å². The van der Waals surface area contributed by atoms with Crippen molar-refractivity contribution in [2.75, 3.05) is 26.7 Å². The van der Waals surface area contributed by atoms with E-state index in [0.717, 1.165) is 5.92 Å². The van der Waals surface area contributed by atoms with E-state index in [9.17, 15) is 0 Å². The van der Waals surface area contributed by atoms with E-state index < -0.39 is 0 Å². The maximum atomic E-state index is 5.80. The summed E-state index contributed by atoms with van der Waals surface area (Å²) in [6.07, 6.45) is 3.76. The lowest BCUT2D eigenvalue weighted by Crippen LogP contribution is -2.55. The van der Waals surface area contributed by atoms with Gasteiger partial charge in [-0.3, -0.25) is 9.80 Å². The van der Waals surface area contributed by atoms with Crippen LogP contribution in [0.1, 0.15) is 47.0 Å². The highest BCUT2D eigenvalue weighted by Gasteiger charge is 2.26. The van der Waals surface area contributed by atoms with Crippen molar-refractivity contribution in [3.05, 3.63) is 0 Å². The normalized spacial score (nSPS) is 30.3. The summed E-state index contributed by atoms with van der Waals surface area (Å²) in [5.41, 5.74) is 5.80. The van der Waals surface area contributed by atoms with Crippen LogP contribution in [-0.4, -0.2) is 54.6 Å². The molecule has 1 rings (SSSR count). The van der Waals surface area contributed by atoms with Crippen LogP contribution in [0.4, 0.5) is 0 Å². The number of piperazine rings is 1. The molecule has 1 aliphatic heterocycles. The molecule has 1 fully saturated rings. The Kier molecular flexibility index (Phi) is 6.61. The summed E-state index contributed by atoms with van der Waals surface area (Å²) < 4.78 is 0. The lowest BCUT2D eigenvalue weighted by atomic mass is 10.00. The molecule has 1 heterocycles. The SMILES string of the molecule is CC(N)CCCC(C)CN1CC(C)N(C)C(C)C1. The minimum Gasteiger partial charge on any atom is -0.328 e. The Morgan fingerprint density at radius 1 is 1.11 bits per heavy atom. The van der Waals surface area contributed by atoms with E-state index in [1.165, 1.54) is 38.9 Å². The molecule has 4 unspecified atom stereocenters. The van der Waals surface area contributed by atoms with Gasteiger partial charge in [-0.15, -0.1) is 0 Å². The highest BCUT2D eigenvalue weighted by Crippen LogP contribution is 2.17. The first-order chi connectivity index (χ1) is 8.40. The Hall–Kier alpha value is -0.120. The number of rotatable bonds is 6. The zero-order valence-corrected chi connectivity index (χ0v) is 13.0. The van der Waals surface area contributed by atoms with Crippen molar-refractivity contribution >= 4 is 0 Å². The van der Waals surface area contributed by atoms with Gasteiger partial charge in [-0.05, 0) is 46.6 Å². The number of hydrogen-bond donors (Lipinski definition) is 1. The second-order valence-electron chi connectivity index (χ2n) is 6.60. The molecule has 0 aliphatic carbocycles. The van der Waals surface area contributed by atoms with Gasteiger partial charge in [-0.2, -0.15) is 0 Å². The van der Waals surface area contributed by atoms with Crippen LogP contribution < -0.4 is 5.73 Å². The molecule has 0 amide bonds. The van der Waals surface area contributed by atoms with Crippen molar-refractivity contribution in [3.63, 3.8) is 0 Å². The number of likely N-dealkylation sites (N-methyl/N-ethyl adjacent to an activating group) is 1. The lowest BCUT2D eigenvalue weighted by molar-refractivity contribution is 0.0512. The molecule has 18 heavy (non-hydrogen) atoms. The zero-order valence-electron chi connectivity index (χ0n) is 13.0. The molecule has 2 N–H and O–H groups in total. The van der Waals surface area contributed by atoms with Crippen molar-refractivity contribution in [2.24, 2.45) is 11.7 Å². The van der Waals surface area contributed by atoms with Gasteiger partial charge >= 0.3 is 0 Å². The van der Waals surface area contributed by atoms with Crippen LogP contribution in [0.3, 0.4) is 0 Å². The molecule has 3 heteroatoms. The topological polar surface area (TPSA) is 32.5 Å². The molecule has 4 atom stereocenters. The first-order valence-electron chi connectivity index (χ1n) is 7.60. The fraction of sp³-hybridized carbons (Fsp3) is 1.00. The summed E-state index contributed by atoms with van der Waals surface area (Å²) >= 11 is 0. The van der Waals surface area contributed by atoms with E-state index in [-0.39, 0.29) is 0 Å². The summed E-state index contributed by atoms with van der Waals surface area (Å²) in [5, 5.41) is 0. The Balaban J connectivity index is 2.25. The third-order valence-corrected chi connectivity index (χ3v) is 4.36. The third kappa shape index (κ3) is 5.25. The van der Waals surface area contributed by atoms with Crippen molar-refractivity contribution in [3.8, 4) is 0 Å². The van der Waals surface area contributed by atoms with Gasteiger partial charge in [0.25, 0.3) is 0 Å². The molecule has 108 valence electrons. The minimum absolute atomic E-state index is 0.362. The van der Waals surface area contributed by atoms with Crippen molar-refractivity contribution in [1.29, 1.82) is 0 Å². The van der Waals surface area contributed by atoms with Gasteiger partial charge in [0.15, 0.2) is 0 Å². The lowest BCUT2D eigenvalue weighted by Gasteiger charge is -2.43. The van der Waals surface area contributed by atoms with Crippen LogP contribution in [0.15, 0.2) is 0 Å². The van der Waals surface area contributed by atoms with E-state index >= 15 is 0 Å². The number of hydrogen-bond acceptors (Lipinski definition) is 3. The molecule has 0 bridgehead atoms. The molecule has 0 aromatic rings. The Morgan fingerprint density at radius 2 is 1.67 bits per heavy atom. The van der Waals surface area contributed by atoms with E-state index in [1.54, 1.807) is 0 Å². The second-order valence-corrected chi connectivity index (χ2v) is 6.60. The van der Waals surface area contributed by atoms with E-state index in [4.69, 9.17) is 5.73 Å². The Morgan fingerprint density at radius 3 is 2.17 bits per heavy atom. The third-order valence-electron chi connectivity index (χ3n) is 4.36. The predicted molar refractivity (Wildman–Crippen MR) is 79.8 cm³/mol. The summed E-state index contributed by atoms with van der Waals surface area (Å²) in [5.74, 6) is 0.798. The van der Waals surface area contributed by atoms with Crippen molar-refractivity contribution in [2.45, 2.75) is 65.1 Å². The minimum atomic E-state index is 0.362. The van der Waals surface area contributed by atoms with Gasteiger partial charge in [0.05, 0.1) is 0 Å². The van der Waals surface area contributed by atoms with Gasteiger partial charge in [0.2, 0.25) is 0 Å². The van der Waals surface area contributed by atoms with Crippen LogP contribution in [-0.2, 0) is 0 Å². The highest BCUT2D eigenvalue weighted by molar-refractivity contribution is 4.83. The molecule has 0 saturated carbocycles. The van der Waals surface area contributed by atoms with Crippen LogP contribution in [0, 0.1) is 5.92 Å². The predicted octanol–water partition coefficient (Wildman–Crippen LogP) is 2.16. The highest BCUT2D eigenvalue weighted by atomic mass is 15.3. The van der Waals surface area contributed by atoms with Crippen LogP contribution in [0.25, 0.3) is 0 Å². The zero-order chi connectivity index (χ0) is 13.7. The van der Waals surface area contributed by atoms with Crippen LogP contribution in [0.5, 0.6) is 0 Å². The molecular formula is C15H33N3. The molecule has 3 nitrogen and oxygen atoms in total. The van der Waals surface area contributed by atoms with Gasteiger partial charge in [0, 0.05) is 37.8 Å². The smallest absolute Gasteiger partial charge is 0.0195 e. The van der Waals surface area contributed by atoms with Crippen molar-refractivity contribution < 1.29 is 0 Å². The van der Waals surface area contributed by atoms with Crippen LogP contribution >= 0.6 is 0 Å². The summed E-state index contributed by atoms with van der Waals surface area (Å²) in [6, 6.07) is 1.73. The van der Waals surface area contributed by atoms with Gasteiger partial charge < -0.3 is 5.73 Å². The van der Waals surface area contributed by atoms with E-state index in [2.05, 4.69) is 44.5 Å². The fourth-order valence-corrected chi connectivity index (χ4v) is 2.98. The summed E-state index contributed by atoms with van der Waals surface area (Å²) in [7, 11) is 2.25. The molecule has 0 aromatic heterocycles. The van der Waals surface area contributed by atoms with Crippen molar-refractivity contribution in [1.82, 2.24) is 9.80 Å². The van der Waals surface area contributed by atoms with E-state index in [0.29, 0.717) is 18.1 Å². The quantitative estimate of drug-likeness (QED) is 0.789. The Bertz CT molecular complexity index is 218. The van der Waals surface area contributed by atoms with Crippen LogP contribution in [0.2, 0.25) is 0 Å². The summed E-state index contributed by atoms with van der Waals surface area (Å²) in [4.78, 5) is 5.14. The molecule has 0 spiro atoms. The maximum Gasteiger partial charge on any atom is 0.0195 e. The first-order valence-corrected chi connectivity index (χ1v) is 7.60. The average Bonchev–Trinajstić information content (AvgIpc) is 2.25. The molecule has 0 radical (unpaired) electrons. The number of nitrogens with zero attached hydrogens (tertiary/aromatic N) is 2. The molecule has 1 aliphatic rings. The first kappa shape index (κ1) is 15.9. The molecule has 1 saturated heterocycles. The second kappa shape index (κ2) is 7.46. The monoisotopic (exact) mass is 255 g/mol. The standard InChI is InChI=1S/C15H33N3/c1-12(7-6-8-13(2)16)9-18-10-14(3)17(5)15(4)11-18/h12-15H,6-11,16H2,1-5H3. The molecular weight excluding hydrogens is 222 g/mol. The number of nitrogens with two attached hydrogens (primary N) is 1. The van der Waals surface area contributed by atoms with Gasteiger partial charge in [-0.1, -0.05) is 13.3 Å². The summed E-state index contributed by atoms with van der Waals surface area (Å²) in [6.45, 7) is 12.9. The van der Waals surface area contributed by atoms with E-state index in [1.807, 2.05) is 0 Å². The van der Waals surface area contributed by atoms with Gasteiger partial charge in [0.1, 0.15) is 0 Å². The Labute approximate surface area is 114 Å². The average molecular weight is 255 g/mol.